The molecule has 0 saturated heterocycles. The molecule has 1 rings (SSSR count). The first-order valence-electron chi connectivity index (χ1n) is 6.24. The van der Waals surface area contributed by atoms with Crippen LogP contribution in [0.25, 0.3) is 0 Å². The van der Waals surface area contributed by atoms with Gasteiger partial charge in [-0.15, -0.1) is 0 Å². The van der Waals surface area contributed by atoms with E-state index in [1.54, 1.807) is 31.8 Å². The normalized spacial score (nSPS) is 13.7. The summed E-state index contributed by atoms with van der Waals surface area (Å²) in [4.78, 5) is 0.181. The summed E-state index contributed by atoms with van der Waals surface area (Å²) in [6.07, 6.45) is 2.80. The number of nitrogens with two attached hydrogens (primary N) is 1. The summed E-state index contributed by atoms with van der Waals surface area (Å²) < 4.78 is 26.7. The van der Waals surface area contributed by atoms with Gasteiger partial charge in [0.25, 0.3) is 0 Å². The highest BCUT2D eigenvalue weighted by atomic mass is 35.5. The first-order valence-corrected chi connectivity index (χ1v) is 9.45. The maximum Gasteiger partial charge on any atom is 0.243 e. The first-order chi connectivity index (χ1) is 9.21. The van der Waals surface area contributed by atoms with E-state index in [-0.39, 0.29) is 10.9 Å². The van der Waals surface area contributed by atoms with Gasteiger partial charge in [-0.2, -0.15) is 16.1 Å². The van der Waals surface area contributed by atoms with Gasteiger partial charge in [0.2, 0.25) is 10.0 Å². The van der Waals surface area contributed by atoms with Crippen LogP contribution in [0.4, 0.5) is 5.69 Å². The van der Waals surface area contributed by atoms with E-state index in [0.717, 1.165) is 12.2 Å². The summed E-state index contributed by atoms with van der Waals surface area (Å²) >= 11 is 7.63. The smallest absolute Gasteiger partial charge is 0.243 e. The maximum absolute atomic E-state index is 12.7. The molecule has 1 aromatic rings. The molecule has 0 aliphatic rings. The monoisotopic (exact) mass is 336 g/mol. The minimum atomic E-state index is -3.58. The molecule has 0 heterocycles. The van der Waals surface area contributed by atoms with E-state index in [0.29, 0.717) is 16.3 Å². The van der Waals surface area contributed by atoms with Crippen molar-refractivity contribution < 1.29 is 8.42 Å². The number of nitrogens with zero attached hydrogens (tertiary/aromatic N) is 1. The zero-order valence-electron chi connectivity index (χ0n) is 12.2. The lowest BCUT2D eigenvalue weighted by Crippen LogP contribution is -2.35. The van der Waals surface area contributed by atoms with E-state index in [2.05, 4.69) is 0 Å². The Kier molecular flexibility index (Phi) is 6.19. The molecule has 4 nitrogen and oxygen atoms in total. The van der Waals surface area contributed by atoms with Crippen LogP contribution in [-0.4, -0.2) is 37.8 Å². The molecule has 0 aromatic heterocycles. The standard InChI is InChI=1S/C13H21ClN2O2S2/c1-9(5-6-19-4)16(3)20(17,18)13-8-11(14)7-12(15)10(13)2/h7-9H,5-6,15H2,1-4H3. The van der Waals surface area contributed by atoms with Crippen molar-refractivity contribution in [3.8, 4) is 0 Å². The molecule has 0 spiro atoms. The van der Waals surface area contributed by atoms with Gasteiger partial charge in [0, 0.05) is 23.8 Å². The molecule has 0 radical (unpaired) electrons. The second-order valence-electron chi connectivity index (χ2n) is 4.77. The van der Waals surface area contributed by atoms with Crippen LogP contribution < -0.4 is 5.73 Å². The molecule has 0 aliphatic heterocycles. The lowest BCUT2D eigenvalue weighted by atomic mass is 10.2. The van der Waals surface area contributed by atoms with Crippen LogP contribution in [0.3, 0.4) is 0 Å². The molecule has 0 amide bonds. The van der Waals surface area contributed by atoms with E-state index < -0.39 is 10.0 Å². The number of nitrogen functional groups attached to an aromatic ring is 1. The van der Waals surface area contributed by atoms with Crippen molar-refractivity contribution >= 4 is 39.1 Å². The molecular formula is C13H21ClN2O2S2. The fraction of sp³-hybridized carbons (Fsp3) is 0.538. The molecule has 20 heavy (non-hydrogen) atoms. The van der Waals surface area contributed by atoms with Gasteiger partial charge in [0.15, 0.2) is 0 Å². The van der Waals surface area contributed by atoms with Crippen molar-refractivity contribution in [2.45, 2.75) is 31.2 Å². The number of halogens is 1. The quantitative estimate of drug-likeness (QED) is 0.811. The Bertz CT molecular complexity index is 576. The average Bonchev–Trinajstić information content (AvgIpc) is 2.38. The first kappa shape index (κ1) is 17.6. The van der Waals surface area contributed by atoms with Crippen molar-refractivity contribution in [3.63, 3.8) is 0 Å². The highest BCUT2D eigenvalue weighted by molar-refractivity contribution is 7.98. The van der Waals surface area contributed by atoms with Gasteiger partial charge in [-0.1, -0.05) is 11.6 Å². The van der Waals surface area contributed by atoms with Crippen molar-refractivity contribution in [1.29, 1.82) is 0 Å². The van der Waals surface area contributed by atoms with Gasteiger partial charge >= 0.3 is 0 Å². The second kappa shape index (κ2) is 7.02. The Balaban J connectivity index is 3.17. The number of hydrogen-bond acceptors (Lipinski definition) is 4. The van der Waals surface area contributed by atoms with E-state index in [1.807, 2.05) is 13.2 Å². The summed E-state index contributed by atoms with van der Waals surface area (Å²) in [7, 11) is -1.99. The minimum Gasteiger partial charge on any atom is -0.398 e. The topological polar surface area (TPSA) is 63.4 Å². The van der Waals surface area contributed by atoms with Crippen LogP contribution in [0.1, 0.15) is 18.9 Å². The highest BCUT2D eigenvalue weighted by Gasteiger charge is 2.27. The lowest BCUT2D eigenvalue weighted by Gasteiger charge is -2.25. The van der Waals surface area contributed by atoms with Gasteiger partial charge < -0.3 is 5.73 Å². The van der Waals surface area contributed by atoms with E-state index >= 15 is 0 Å². The van der Waals surface area contributed by atoms with Crippen molar-refractivity contribution in [2.24, 2.45) is 0 Å². The molecule has 7 heteroatoms. The van der Waals surface area contributed by atoms with Gasteiger partial charge in [-0.3, -0.25) is 0 Å². The summed E-state index contributed by atoms with van der Waals surface area (Å²) in [6, 6.07) is 2.94. The number of hydrogen-bond donors (Lipinski definition) is 1. The SMILES string of the molecule is CSCCC(C)N(C)S(=O)(=O)c1cc(Cl)cc(N)c1C. The van der Waals surface area contributed by atoms with Crippen LogP contribution in [0.2, 0.25) is 5.02 Å². The third-order valence-electron chi connectivity index (χ3n) is 3.38. The highest BCUT2D eigenvalue weighted by Crippen LogP contribution is 2.29. The summed E-state index contributed by atoms with van der Waals surface area (Å²) in [6.45, 7) is 3.59. The van der Waals surface area contributed by atoms with Gasteiger partial charge in [0.1, 0.15) is 0 Å². The maximum atomic E-state index is 12.7. The number of sulfonamides is 1. The van der Waals surface area contributed by atoms with Crippen LogP contribution in [0.5, 0.6) is 0 Å². The van der Waals surface area contributed by atoms with E-state index in [9.17, 15) is 8.42 Å². The Labute approximate surface area is 130 Å². The molecule has 0 saturated carbocycles. The molecule has 1 atom stereocenters. The fourth-order valence-electron chi connectivity index (χ4n) is 1.80. The second-order valence-corrected chi connectivity index (χ2v) is 8.16. The van der Waals surface area contributed by atoms with Crippen LogP contribution in [-0.2, 0) is 10.0 Å². The molecule has 1 unspecified atom stereocenters. The average molecular weight is 337 g/mol. The number of anilines is 1. The molecule has 114 valence electrons. The van der Waals surface area contributed by atoms with E-state index in [1.165, 1.54) is 10.4 Å². The Hall–Kier alpha value is -0.430. The molecule has 0 fully saturated rings. The third kappa shape index (κ3) is 3.81. The third-order valence-corrected chi connectivity index (χ3v) is 6.34. The largest absolute Gasteiger partial charge is 0.398 e. The summed E-state index contributed by atoms with van der Waals surface area (Å²) in [5.41, 5.74) is 6.73. The fourth-order valence-corrected chi connectivity index (χ4v) is 4.34. The zero-order chi connectivity index (χ0) is 15.5. The Morgan fingerprint density at radius 2 is 2.05 bits per heavy atom. The predicted molar refractivity (Wildman–Crippen MR) is 88.0 cm³/mol. The number of benzene rings is 1. The van der Waals surface area contributed by atoms with Crippen molar-refractivity contribution in [3.05, 3.63) is 22.7 Å². The molecule has 0 aliphatic carbocycles. The lowest BCUT2D eigenvalue weighted by molar-refractivity contribution is 0.382. The summed E-state index contributed by atoms with van der Waals surface area (Å²) in [5.74, 6) is 0.914. The van der Waals surface area contributed by atoms with Crippen molar-refractivity contribution in [2.75, 3.05) is 24.8 Å². The Morgan fingerprint density at radius 3 is 2.60 bits per heavy atom. The molecule has 2 N–H and O–H groups in total. The van der Waals surface area contributed by atoms with Crippen LogP contribution in [0, 0.1) is 6.92 Å². The minimum absolute atomic E-state index is 0.0768. The molecular weight excluding hydrogens is 316 g/mol. The molecule has 0 bridgehead atoms. The van der Waals surface area contributed by atoms with E-state index in [4.69, 9.17) is 17.3 Å². The zero-order valence-corrected chi connectivity index (χ0v) is 14.6. The van der Waals surface area contributed by atoms with Gasteiger partial charge in [0.05, 0.1) is 4.90 Å². The Morgan fingerprint density at radius 1 is 1.45 bits per heavy atom. The number of thioether (sulfide) groups is 1. The molecule has 1 aromatic carbocycles. The number of rotatable bonds is 6. The predicted octanol–water partition coefficient (Wildman–Crippen LogP) is 2.99. The summed E-state index contributed by atoms with van der Waals surface area (Å²) in [5, 5.41) is 0.330. The van der Waals surface area contributed by atoms with Crippen LogP contribution in [0.15, 0.2) is 17.0 Å². The van der Waals surface area contributed by atoms with Gasteiger partial charge in [-0.05, 0) is 50.0 Å². The van der Waals surface area contributed by atoms with Crippen LogP contribution >= 0.6 is 23.4 Å². The van der Waals surface area contributed by atoms with Gasteiger partial charge in [-0.25, -0.2) is 8.42 Å². The van der Waals surface area contributed by atoms with Crippen molar-refractivity contribution in [1.82, 2.24) is 4.31 Å².